The van der Waals surface area contributed by atoms with Gasteiger partial charge in [0.2, 0.25) is 0 Å². The number of methoxy groups -OCH3 is 1. The van der Waals surface area contributed by atoms with Gasteiger partial charge in [-0.2, -0.15) is 0 Å². The van der Waals surface area contributed by atoms with Crippen LogP contribution >= 0.6 is 0 Å². The normalized spacial score (nSPS) is 20.0. The maximum Gasteiger partial charge on any atom is 0.511 e. The first-order valence-electron chi connectivity index (χ1n) is 10.1. The minimum Gasteiger partial charge on any atom is -0.449 e. The van der Waals surface area contributed by atoms with E-state index in [1.54, 1.807) is 14.0 Å². The molecule has 2 aromatic rings. The van der Waals surface area contributed by atoms with Crippen LogP contribution in [0.2, 0.25) is 0 Å². The lowest BCUT2D eigenvalue weighted by molar-refractivity contribution is 0.143. The van der Waals surface area contributed by atoms with Crippen LogP contribution in [0, 0.1) is 18.7 Å². The summed E-state index contributed by atoms with van der Waals surface area (Å²) in [4.78, 5) is 25.7. The number of ether oxygens (including phenoxy) is 2. The summed E-state index contributed by atoms with van der Waals surface area (Å²) in [7, 11) is 1.61. The summed E-state index contributed by atoms with van der Waals surface area (Å²) in [5, 5.41) is 8.94. The number of hydrogen-bond acceptors (Lipinski definition) is 6. The molecule has 2 aliphatic rings. The van der Waals surface area contributed by atoms with Crippen molar-refractivity contribution in [1.29, 1.82) is 0 Å². The van der Waals surface area contributed by atoms with Crippen molar-refractivity contribution >= 4 is 17.4 Å². The molecule has 0 radical (unpaired) electrons. The molecule has 2 atom stereocenters. The number of hydrogen-bond donors (Lipinski definition) is 2. The van der Waals surface area contributed by atoms with Crippen LogP contribution in [0.25, 0.3) is 5.52 Å². The van der Waals surface area contributed by atoms with E-state index in [0.29, 0.717) is 36.5 Å². The van der Waals surface area contributed by atoms with E-state index in [1.807, 2.05) is 4.90 Å². The second-order valence-electron chi connectivity index (χ2n) is 8.19. The lowest BCUT2D eigenvalue weighted by atomic mass is 10.0. The monoisotopic (exact) mass is 419 g/mol. The van der Waals surface area contributed by atoms with Crippen LogP contribution in [0.4, 0.5) is 14.9 Å². The van der Waals surface area contributed by atoms with Crippen LogP contribution in [0.3, 0.4) is 0 Å². The summed E-state index contributed by atoms with van der Waals surface area (Å²) < 4.78 is 26.2. The van der Waals surface area contributed by atoms with Crippen molar-refractivity contribution in [2.45, 2.75) is 38.1 Å². The molecule has 8 nitrogen and oxygen atoms in total. The molecular formula is C21H26FN3O5. The Morgan fingerprint density at radius 1 is 1.40 bits per heavy atom. The van der Waals surface area contributed by atoms with Crippen LogP contribution in [0.5, 0.6) is 5.75 Å². The Morgan fingerprint density at radius 3 is 2.77 bits per heavy atom. The van der Waals surface area contributed by atoms with Gasteiger partial charge in [0.15, 0.2) is 11.6 Å². The van der Waals surface area contributed by atoms with E-state index in [1.165, 1.54) is 10.5 Å². The van der Waals surface area contributed by atoms with Gasteiger partial charge in [0, 0.05) is 26.2 Å². The van der Waals surface area contributed by atoms with E-state index < -0.39 is 17.5 Å². The predicted octanol–water partition coefficient (Wildman–Crippen LogP) is 2.48. The number of anilines is 1. The highest BCUT2D eigenvalue weighted by Crippen LogP contribution is 2.44. The van der Waals surface area contributed by atoms with Crippen LogP contribution in [-0.4, -0.2) is 48.5 Å². The summed E-state index contributed by atoms with van der Waals surface area (Å²) in [6.07, 6.45) is 2.28. The van der Waals surface area contributed by atoms with E-state index in [4.69, 9.17) is 15.6 Å². The first kappa shape index (κ1) is 20.6. The summed E-state index contributed by atoms with van der Waals surface area (Å²) in [6.45, 7) is 3.53. The van der Waals surface area contributed by atoms with E-state index in [2.05, 4.69) is 4.74 Å². The van der Waals surface area contributed by atoms with Gasteiger partial charge in [0.05, 0.1) is 24.0 Å². The quantitative estimate of drug-likeness (QED) is 0.693. The molecule has 1 unspecified atom stereocenters. The molecule has 1 aliphatic heterocycles. The molecule has 0 aromatic carbocycles. The molecule has 3 heterocycles. The van der Waals surface area contributed by atoms with Crippen molar-refractivity contribution in [2.75, 3.05) is 31.7 Å². The number of aromatic nitrogens is 1. The van der Waals surface area contributed by atoms with Crippen LogP contribution < -0.4 is 20.9 Å². The zero-order valence-electron chi connectivity index (χ0n) is 17.1. The zero-order chi connectivity index (χ0) is 21.6. The number of nitrogens with zero attached hydrogens (tertiary/aromatic N) is 2. The summed E-state index contributed by atoms with van der Waals surface area (Å²) in [6, 6.07) is 1.38. The first-order chi connectivity index (χ1) is 14.3. The highest BCUT2D eigenvalue weighted by Gasteiger charge is 2.33. The Labute approximate surface area is 173 Å². The van der Waals surface area contributed by atoms with E-state index in [-0.39, 0.29) is 23.6 Å². The third-order valence-corrected chi connectivity index (χ3v) is 6.13. The SMILES string of the molecule is COCC(N)[C@@H]1CCN(c2c(F)cn3c(=O)c(OC(=O)O)cc(C4CC4)c3c2C)C1. The fraction of sp³-hybridized carbons (Fsp3) is 0.524. The van der Waals surface area contributed by atoms with Gasteiger partial charge in [-0.25, -0.2) is 9.18 Å². The molecule has 162 valence electrons. The zero-order valence-corrected chi connectivity index (χ0v) is 17.1. The fourth-order valence-electron chi connectivity index (χ4n) is 4.55. The second kappa shape index (κ2) is 7.88. The third-order valence-electron chi connectivity index (χ3n) is 6.13. The number of pyridine rings is 2. The van der Waals surface area contributed by atoms with Crippen molar-refractivity contribution in [1.82, 2.24) is 4.40 Å². The Morgan fingerprint density at radius 2 is 2.13 bits per heavy atom. The first-order valence-corrected chi connectivity index (χ1v) is 10.1. The third kappa shape index (κ3) is 3.63. The smallest absolute Gasteiger partial charge is 0.449 e. The molecule has 3 N–H and O–H groups in total. The van der Waals surface area contributed by atoms with E-state index in [0.717, 1.165) is 31.0 Å². The van der Waals surface area contributed by atoms with Crippen molar-refractivity contribution < 1.29 is 23.8 Å². The molecule has 1 aliphatic carbocycles. The number of aryl methyl sites for hydroxylation is 1. The topological polar surface area (TPSA) is 107 Å². The van der Waals surface area contributed by atoms with Crippen molar-refractivity contribution in [3.63, 3.8) is 0 Å². The summed E-state index contributed by atoms with van der Waals surface area (Å²) in [5.41, 5.74) is 8.08. The number of nitrogens with two attached hydrogens (primary N) is 1. The highest BCUT2D eigenvalue weighted by molar-refractivity contribution is 5.74. The lowest BCUT2D eigenvalue weighted by Gasteiger charge is -2.25. The number of carboxylic acid groups (broad SMARTS) is 1. The fourth-order valence-corrected chi connectivity index (χ4v) is 4.55. The number of rotatable bonds is 6. The Hall–Kier alpha value is -2.65. The maximum absolute atomic E-state index is 15.2. The van der Waals surface area contributed by atoms with Crippen LogP contribution in [0.15, 0.2) is 17.1 Å². The molecule has 2 aromatic heterocycles. The van der Waals surface area contributed by atoms with Gasteiger partial charge >= 0.3 is 6.16 Å². The molecule has 1 saturated heterocycles. The van der Waals surface area contributed by atoms with Gasteiger partial charge in [-0.05, 0) is 55.2 Å². The molecule has 9 heteroatoms. The summed E-state index contributed by atoms with van der Waals surface area (Å²) in [5.74, 6) is -0.441. The second-order valence-corrected chi connectivity index (χ2v) is 8.19. The lowest BCUT2D eigenvalue weighted by Crippen LogP contribution is -2.36. The van der Waals surface area contributed by atoms with E-state index >= 15 is 4.39 Å². The van der Waals surface area contributed by atoms with Crippen molar-refractivity contribution in [3.8, 4) is 5.75 Å². The minimum atomic E-state index is -1.57. The predicted molar refractivity (Wildman–Crippen MR) is 109 cm³/mol. The number of fused-ring (bicyclic) bond motifs is 1. The number of halogens is 1. The molecule has 1 saturated carbocycles. The van der Waals surface area contributed by atoms with Gasteiger partial charge in [0.25, 0.3) is 5.56 Å². The molecular weight excluding hydrogens is 393 g/mol. The van der Waals surface area contributed by atoms with Gasteiger partial charge in [0.1, 0.15) is 0 Å². The molecule has 0 amide bonds. The van der Waals surface area contributed by atoms with Gasteiger partial charge < -0.3 is 25.2 Å². The van der Waals surface area contributed by atoms with Gasteiger partial charge in [-0.3, -0.25) is 9.20 Å². The highest BCUT2D eigenvalue weighted by atomic mass is 19.1. The van der Waals surface area contributed by atoms with Crippen molar-refractivity contribution in [2.24, 2.45) is 11.7 Å². The average molecular weight is 419 g/mol. The molecule has 4 rings (SSSR count). The molecule has 2 fully saturated rings. The standard InChI is InChI=1S/C21H26FN3O5/c1-11-18-14(12-3-4-12)7-17(30-21(27)28)20(26)25(18)9-15(22)19(11)24-6-5-13(8-24)16(23)10-29-2/h7,9,12-13,16H,3-6,8,10,23H2,1-2H3,(H,27,28)/t13-,16?/m1/s1. The largest absolute Gasteiger partial charge is 0.511 e. The van der Waals surface area contributed by atoms with Gasteiger partial charge in [-0.15, -0.1) is 0 Å². The Balaban J connectivity index is 1.81. The average Bonchev–Trinajstić information content (AvgIpc) is 3.41. The van der Waals surface area contributed by atoms with Crippen LogP contribution in [0.1, 0.15) is 36.3 Å². The minimum absolute atomic E-state index is 0.121. The maximum atomic E-state index is 15.2. The van der Waals surface area contributed by atoms with E-state index in [9.17, 15) is 9.59 Å². The van der Waals surface area contributed by atoms with Crippen LogP contribution in [-0.2, 0) is 4.74 Å². The Kier molecular flexibility index (Phi) is 5.42. The van der Waals surface area contributed by atoms with Gasteiger partial charge in [-0.1, -0.05) is 0 Å². The summed E-state index contributed by atoms with van der Waals surface area (Å²) >= 11 is 0. The molecule has 0 bridgehead atoms. The Bertz CT molecular complexity index is 1050. The molecule has 30 heavy (non-hydrogen) atoms. The van der Waals surface area contributed by atoms with Crippen molar-refractivity contribution in [3.05, 3.63) is 39.6 Å². The molecule has 0 spiro atoms. The number of carbonyl (C=O) groups is 1.